The monoisotopic (exact) mass is 268 g/mol. The van der Waals surface area contributed by atoms with Crippen molar-refractivity contribution in [3.8, 4) is 0 Å². The van der Waals surface area contributed by atoms with Crippen LogP contribution in [0.3, 0.4) is 0 Å². The van der Waals surface area contributed by atoms with Crippen molar-refractivity contribution in [3.63, 3.8) is 0 Å². The maximum atomic E-state index is 12.4. The summed E-state index contributed by atoms with van der Waals surface area (Å²) in [6.07, 6.45) is 5.83. The molecule has 0 aromatic carbocycles. The van der Waals surface area contributed by atoms with E-state index in [9.17, 15) is 4.79 Å². The summed E-state index contributed by atoms with van der Waals surface area (Å²) >= 11 is 0. The van der Waals surface area contributed by atoms with Crippen molar-refractivity contribution in [2.24, 2.45) is 5.92 Å². The number of hydrogen-bond acceptors (Lipinski definition) is 4. The van der Waals surface area contributed by atoms with E-state index < -0.39 is 5.54 Å². The molecule has 0 saturated heterocycles. The summed E-state index contributed by atoms with van der Waals surface area (Å²) < 4.78 is 5.14. The van der Waals surface area contributed by atoms with E-state index in [1.54, 1.807) is 0 Å². The van der Waals surface area contributed by atoms with Gasteiger partial charge >= 0.3 is 5.97 Å². The molecule has 2 fully saturated rings. The van der Waals surface area contributed by atoms with E-state index in [4.69, 9.17) is 4.74 Å². The standard InChI is InChI=1S/C15H28N2O2/c1-4-10-17(5-2)11-15(12-6-7-12,14(18)19-3)16-13-8-9-13/h12-13,16H,4-11H2,1-3H3. The zero-order valence-electron chi connectivity index (χ0n) is 12.6. The summed E-state index contributed by atoms with van der Waals surface area (Å²) in [7, 11) is 1.52. The number of nitrogens with zero attached hydrogens (tertiary/aromatic N) is 1. The molecule has 1 unspecified atom stereocenters. The van der Waals surface area contributed by atoms with Crippen molar-refractivity contribution in [2.75, 3.05) is 26.7 Å². The van der Waals surface area contributed by atoms with Crippen LogP contribution in [0.2, 0.25) is 0 Å². The van der Waals surface area contributed by atoms with Crippen LogP contribution in [0.25, 0.3) is 0 Å². The third kappa shape index (κ3) is 3.48. The third-order valence-electron chi connectivity index (χ3n) is 4.32. The van der Waals surface area contributed by atoms with Gasteiger partial charge in [-0.25, -0.2) is 4.79 Å². The van der Waals surface area contributed by atoms with Gasteiger partial charge in [-0.1, -0.05) is 13.8 Å². The van der Waals surface area contributed by atoms with Crippen LogP contribution < -0.4 is 5.32 Å². The summed E-state index contributed by atoms with van der Waals surface area (Å²) in [5, 5.41) is 3.62. The topological polar surface area (TPSA) is 41.6 Å². The molecule has 0 amide bonds. The first-order valence-electron chi connectivity index (χ1n) is 7.74. The Bertz CT molecular complexity index is 313. The number of likely N-dealkylation sites (N-methyl/N-ethyl adjacent to an activating group) is 1. The fourth-order valence-electron chi connectivity index (χ4n) is 2.95. The van der Waals surface area contributed by atoms with Gasteiger partial charge < -0.3 is 9.64 Å². The van der Waals surface area contributed by atoms with Crippen LogP contribution in [-0.2, 0) is 9.53 Å². The highest BCUT2D eigenvalue weighted by molar-refractivity contribution is 5.82. The lowest BCUT2D eigenvalue weighted by Gasteiger charge is -2.37. The molecular weight excluding hydrogens is 240 g/mol. The van der Waals surface area contributed by atoms with Gasteiger partial charge in [-0.2, -0.15) is 0 Å². The lowest BCUT2D eigenvalue weighted by molar-refractivity contribution is -0.151. The van der Waals surface area contributed by atoms with Gasteiger partial charge in [-0.15, -0.1) is 0 Å². The first kappa shape index (κ1) is 14.8. The van der Waals surface area contributed by atoms with Crippen molar-refractivity contribution in [2.45, 2.75) is 57.5 Å². The SMILES string of the molecule is CCCN(CC)CC(NC1CC1)(C(=O)OC)C1CC1. The molecule has 0 spiro atoms. The van der Waals surface area contributed by atoms with Gasteiger partial charge in [0.25, 0.3) is 0 Å². The molecule has 2 aliphatic rings. The molecule has 0 aromatic rings. The molecule has 0 aliphatic heterocycles. The summed E-state index contributed by atoms with van der Waals surface area (Å²) in [6, 6.07) is 0.528. The van der Waals surface area contributed by atoms with Crippen LogP contribution in [0.1, 0.15) is 46.0 Å². The van der Waals surface area contributed by atoms with Crippen molar-refractivity contribution >= 4 is 5.97 Å². The third-order valence-corrected chi connectivity index (χ3v) is 4.32. The number of rotatable bonds is 9. The molecule has 2 saturated carbocycles. The number of carbonyl (C=O) groups excluding carboxylic acids is 1. The predicted octanol–water partition coefficient (Wildman–Crippen LogP) is 1.79. The molecule has 110 valence electrons. The van der Waals surface area contributed by atoms with Gasteiger partial charge in [0, 0.05) is 12.6 Å². The van der Waals surface area contributed by atoms with E-state index in [1.165, 1.54) is 20.0 Å². The van der Waals surface area contributed by atoms with E-state index in [0.717, 1.165) is 38.9 Å². The van der Waals surface area contributed by atoms with Gasteiger partial charge in [0.05, 0.1) is 7.11 Å². The van der Waals surface area contributed by atoms with E-state index in [-0.39, 0.29) is 5.97 Å². The second kappa shape index (κ2) is 6.23. The number of hydrogen-bond donors (Lipinski definition) is 1. The Balaban J connectivity index is 2.12. The first-order chi connectivity index (χ1) is 9.16. The van der Waals surface area contributed by atoms with Crippen LogP contribution in [0.4, 0.5) is 0 Å². The zero-order chi connectivity index (χ0) is 13.9. The Kier molecular flexibility index (Phi) is 4.85. The van der Waals surface area contributed by atoms with Gasteiger partial charge in [0.15, 0.2) is 0 Å². The Hall–Kier alpha value is -0.610. The fourth-order valence-corrected chi connectivity index (χ4v) is 2.95. The molecule has 2 rings (SSSR count). The molecule has 0 heterocycles. The molecule has 1 atom stereocenters. The number of carbonyl (C=O) groups is 1. The van der Waals surface area contributed by atoms with E-state index in [1.807, 2.05) is 0 Å². The Morgan fingerprint density at radius 2 is 2.00 bits per heavy atom. The second-order valence-corrected chi connectivity index (χ2v) is 6.02. The second-order valence-electron chi connectivity index (χ2n) is 6.02. The Morgan fingerprint density at radius 1 is 1.32 bits per heavy atom. The van der Waals surface area contributed by atoms with Crippen molar-refractivity contribution < 1.29 is 9.53 Å². The van der Waals surface area contributed by atoms with Crippen LogP contribution in [0, 0.1) is 5.92 Å². The minimum Gasteiger partial charge on any atom is -0.468 e. The highest BCUT2D eigenvalue weighted by Crippen LogP contribution is 2.42. The maximum Gasteiger partial charge on any atom is 0.327 e. The largest absolute Gasteiger partial charge is 0.468 e. The van der Waals surface area contributed by atoms with E-state index in [0.29, 0.717) is 12.0 Å². The van der Waals surface area contributed by atoms with E-state index >= 15 is 0 Å². The number of esters is 1. The van der Waals surface area contributed by atoms with Crippen molar-refractivity contribution in [3.05, 3.63) is 0 Å². The van der Waals surface area contributed by atoms with Gasteiger partial charge in [0.1, 0.15) is 5.54 Å². The minimum atomic E-state index is -0.457. The minimum absolute atomic E-state index is 0.0588. The summed E-state index contributed by atoms with van der Waals surface area (Å²) in [4.78, 5) is 14.8. The Morgan fingerprint density at radius 3 is 2.42 bits per heavy atom. The first-order valence-corrected chi connectivity index (χ1v) is 7.74. The highest BCUT2D eigenvalue weighted by atomic mass is 16.5. The molecular formula is C15H28N2O2. The van der Waals surface area contributed by atoms with Crippen LogP contribution in [0.15, 0.2) is 0 Å². The molecule has 0 bridgehead atoms. The molecule has 19 heavy (non-hydrogen) atoms. The number of nitrogens with one attached hydrogen (secondary N) is 1. The quantitative estimate of drug-likeness (QED) is 0.647. The number of methoxy groups -OCH3 is 1. The molecule has 0 radical (unpaired) electrons. The predicted molar refractivity (Wildman–Crippen MR) is 76.0 cm³/mol. The highest BCUT2D eigenvalue weighted by Gasteiger charge is 2.54. The van der Waals surface area contributed by atoms with Crippen LogP contribution >= 0.6 is 0 Å². The zero-order valence-corrected chi connectivity index (χ0v) is 12.6. The maximum absolute atomic E-state index is 12.4. The van der Waals surface area contributed by atoms with Gasteiger partial charge in [0.2, 0.25) is 0 Å². The number of ether oxygens (including phenoxy) is 1. The molecule has 4 heteroatoms. The van der Waals surface area contributed by atoms with E-state index in [2.05, 4.69) is 24.1 Å². The average molecular weight is 268 g/mol. The molecule has 1 N–H and O–H groups in total. The average Bonchev–Trinajstić information content (AvgIpc) is 3.28. The summed E-state index contributed by atoms with van der Waals surface area (Å²) in [6.45, 7) is 7.20. The smallest absolute Gasteiger partial charge is 0.327 e. The lowest BCUT2D eigenvalue weighted by Crippen LogP contribution is -2.62. The molecule has 4 nitrogen and oxygen atoms in total. The van der Waals surface area contributed by atoms with Gasteiger partial charge in [-0.05, 0) is 51.1 Å². The summed E-state index contributed by atoms with van der Waals surface area (Å²) in [5.41, 5.74) is -0.457. The normalized spacial score (nSPS) is 22.3. The summed E-state index contributed by atoms with van der Waals surface area (Å²) in [5.74, 6) is 0.405. The molecule has 2 aliphatic carbocycles. The fraction of sp³-hybridized carbons (Fsp3) is 0.933. The van der Waals surface area contributed by atoms with Gasteiger partial charge in [-0.3, -0.25) is 5.32 Å². The van der Waals surface area contributed by atoms with Crippen LogP contribution in [-0.4, -0.2) is 49.2 Å². The Labute approximate surface area is 116 Å². The van der Waals surface area contributed by atoms with Crippen molar-refractivity contribution in [1.29, 1.82) is 0 Å². The van der Waals surface area contributed by atoms with Crippen molar-refractivity contribution in [1.82, 2.24) is 10.2 Å². The van der Waals surface area contributed by atoms with Crippen LogP contribution in [0.5, 0.6) is 0 Å². The lowest BCUT2D eigenvalue weighted by atomic mass is 9.91. The molecule has 0 aromatic heterocycles.